The molecule has 0 atom stereocenters. The van der Waals surface area contributed by atoms with Gasteiger partial charge < -0.3 is 0 Å². The maximum Gasteiger partial charge on any atom is 0.260 e. The van der Waals surface area contributed by atoms with Crippen LogP contribution < -0.4 is 5.32 Å². The number of benzene rings is 1. The fourth-order valence-electron chi connectivity index (χ4n) is 1.73. The number of thiophene rings is 1. The average molecular weight is 357 g/mol. The molecule has 1 amide bonds. The number of hydrogen-bond donors (Lipinski definition) is 1. The highest BCUT2D eigenvalue weighted by Crippen LogP contribution is 2.33. The maximum absolute atomic E-state index is 13.5. The van der Waals surface area contributed by atoms with Crippen LogP contribution in [0.4, 0.5) is 13.9 Å². The van der Waals surface area contributed by atoms with Crippen LogP contribution in [-0.2, 0) is 0 Å². The van der Waals surface area contributed by atoms with Crippen molar-refractivity contribution in [1.29, 1.82) is 0 Å². The molecule has 1 N–H and O–H groups in total. The molecule has 0 bridgehead atoms. The summed E-state index contributed by atoms with van der Waals surface area (Å²) in [5.74, 6) is -2.22. The number of rotatable bonds is 3. The van der Waals surface area contributed by atoms with Gasteiger partial charge in [-0.3, -0.25) is 10.1 Å². The van der Waals surface area contributed by atoms with Crippen molar-refractivity contribution >= 4 is 45.3 Å². The van der Waals surface area contributed by atoms with Gasteiger partial charge in [-0.2, -0.15) is 0 Å². The Labute approximate surface area is 137 Å². The lowest BCUT2D eigenvalue weighted by Crippen LogP contribution is -2.13. The number of carbonyl (C=O) groups excluding carboxylic acids is 1. The second kappa shape index (κ2) is 6.12. The highest BCUT2D eigenvalue weighted by atomic mass is 35.5. The van der Waals surface area contributed by atoms with Crippen molar-refractivity contribution in [3.05, 3.63) is 57.2 Å². The van der Waals surface area contributed by atoms with Gasteiger partial charge in [0.25, 0.3) is 5.91 Å². The Bertz CT molecular complexity index is 847. The van der Waals surface area contributed by atoms with Crippen LogP contribution in [0.2, 0.25) is 4.34 Å². The van der Waals surface area contributed by atoms with Crippen LogP contribution >= 0.6 is 34.3 Å². The summed E-state index contributed by atoms with van der Waals surface area (Å²) in [5, 5.41) is 4.51. The number of aromatic nitrogens is 1. The Hall–Kier alpha value is -1.83. The Morgan fingerprint density at radius 2 is 2.05 bits per heavy atom. The van der Waals surface area contributed by atoms with Crippen molar-refractivity contribution < 1.29 is 13.6 Å². The van der Waals surface area contributed by atoms with E-state index < -0.39 is 17.5 Å². The van der Waals surface area contributed by atoms with Crippen LogP contribution in [0.3, 0.4) is 0 Å². The molecule has 112 valence electrons. The molecule has 0 aliphatic heterocycles. The lowest BCUT2D eigenvalue weighted by molar-refractivity contribution is 0.102. The number of nitrogens with one attached hydrogen (secondary N) is 1. The van der Waals surface area contributed by atoms with Crippen LogP contribution in [0.1, 0.15) is 10.4 Å². The molecule has 0 aliphatic rings. The van der Waals surface area contributed by atoms with Gasteiger partial charge in [0.15, 0.2) is 5.13 Å². The molecule has 2 heterocycles. The molecule has 3 rings (SSSR count). The first-order valence-electron chi connectivity index (χ1n) is 6.00. The van der Waals surface area contributed by atoms with Crippen LogP contribution in [0.25, 0.3) is 10.6 Å². The zero-order chi connectivity index (χ0) is 15.7. The summed E-state index contributed by atoms with van der Waals surface area (Å²) in [5.41, 5.74) is 0.299. The number of nitrogens with zero attached hydrogens (tertiary/aromatic N) is 1. The van der Waals surface area contributed by atoms with E-state index in [1.54, 1.807) is 11.4 Å². The molecule has 0 radical (unpaired) electrons. The van der Waals surface area contributed by atoms with Gasteiger partial charge in [-0.05, 0) is 30.3 Å². The largest absolute Gasteiger partial charge is 0.298 e. The van der Waals surface area contributed by atoms with E-state index in [0.717, 1.165) is 23.1 Å². The van der Waals surface area contributed by atoms with Crippen LogP contribution in [0, 0.1) is 11.6 Å². The number of thiazole rings is 1. The van der Waals surface area contributed by atoms with Gasteiger partial charge in [0.1, 0.15) is 11.6 Å². The third-order valence-electron chi connectivity index (χ3n) is 2.72. The van der Waals surface area contributed by atoms with E-state index >= 15 is 0 Å². The molecule has 8 heteroatoms. The normalized spacial score (nSPS) is 10.7. The van der Waals surface area contributed by atoms with Crippen molar-refractivity contribution in [3.63, 3.8) is 0 Å². The minimum Gasteiger partial charge on any atom is -0.298 e. The SMILES string of the molecule is O=C(Nc1nc(-c2ccc(Cl)s2)cs1)c1cc(F)ccc1F. The fourth-order valence-corrected chi connectivity index (χ4v) is 3.52. The molecule has 1 aromatic carbocycles. The molecule has 0 saturated carbocycles. The topological polar surface area (TPSA) is 42.0 Å². The third kappa shape index (κ3) is 3.16. The molecule has 0 fully saturated rings. The van der Waals surface area contributed by atoms with Crippen LogP contribution in [0.5, 0.6) is 0 Å². The lowest BCUT2D eigenvalue weighted by Gasteiger charge is -2.03. The van der Waals surface area contributed by atoms with Crippen molar-refractivity contribution in [3.8, 4) is 10.6 Å². The first-order valence-corrected chi connectivity index (χ1v) is 8.08. The van der Waals surface area contributed by atoms with Gasteiger partial charge in [0.2, 0.25) is 0 Å². The molecule has 0 spiro atoms. The fraction of sp³-hybridized carbons (Fsp3) is 0. The molecular weight excluding hydrogens is 350 g/mol. The Balaban J connectivity index is 1.80. The number of carbonyl (C=O) groups is 1. The standard InChI is InChI=1S/C14H7ClF2N2OS2/c15-12-4-3-11(22-12)10-6-21-14(18-10)19-13(20)8-5-7(16)1-2-9(8)17/h1-6H,(H,18,19,20). The van der Waals surface area contributed by atoms with E-state index in [1.165, 1.54) is 22.7 Å². The van der Waals surface area contributed by atoms with Gasteiger partial charge >= 0.3 is 0 Å². The summed E-state index contributed by atoms with van der Waals surface area (Å²) < 4.78 is 27.3. The smallest absolute Gasteiger partial charge is 0.260 e. The minimum absolute atomic E-state index is 0.299. The molecule has 3 nitrogen and oxygen atoms in total. The second-order valence-corrected chi connectivity index (χ2v) is 6.79. The van der Waals surface area contributed by atoms with Gasteiger partial charge in [0, 0.05) is 5.38 Å². The van der Waals surface area contributed by atoms with E-state index in [-0.39, 0.29) is 5.56 Å². The quantitative estimate of drug-likeness (QED) is 0.713. The first kappa shape index (κ1) is 15.1. The summed E-state index contributed by atoms with van der Waals surface area (Å²) in [6.07, 6.45) is 0. The molecule has 2 aromatic heterocycles. The van der Waals surface area contributed by atoms with E-state index in [2.05, 4.69) is 10.3 Å². The monoisotopic (exact) mass is 356 g/mol. The van der Waals surface area contributed by atoms with E-state index in [0.29, 0.717) is 15.2 Å². The van der Waals surface area contributed by atoms with Crippen LogP contribution in [0.15, 0.2) is 35.7 Å². The van der Waals surface area contributed by atoms with Gasteiger partial charge in [-0.15, -0.1) is 22.7 Å². The lowest BCUT2D eigenvalue weighted by atomic mass is 10.2. The summed E-state index contributed by atoms with van der Waals surface area (Å²) in [6, 6.07) is 6.28. The predicted octanol–water partition coefficient (Wildman–Crippen LogP) is 5.06. The van der Waals surface area contributed by atoms with Crippen molar-refractivity contribution in [2.75, 3.05) is 5.32 Å². The predicted molar refractivity (Wildman–Crippen MR) is 84.7 cm³/mol. The summed E-state index contributed by atoms with van der Waals surface area (Å²) in [6.45, 7) is 0. The second-order valence-electron chi connectivity index (χ2n) is 4.22. The van der Waals surface area contributed by atoms with Crippen LogP contribution in [-0.4, -0.2) is 10.9 Å². The molecule has 0 unspecified atom stereocenters. The minimum atomic E-state index is -0.791. The highest BCUT2D eigenvalue weighted by molar-refractivity contribution is 7.20. The number of anilines is 1. The van der Waals surface area contributed by atoms with Crippen molar-refractivity contribution in [2.45, 2.75) is 0 Å². The molecule has 0 saturated heterocycles. The van der Waals surface area contributed by atoms with Gasteiger partial charge in [-0.25, -0.2) is 13.8 Å². The van der Waals surface area contributed by atoms with Gasteiger partial charge in [-0.1, -0.05) is 11.6 Å². The molecular formula is C14H7ClF2N2OS2. The Morgan fingerprint density at radius 1 is 1.23 bits per heavy atom. The third-order valence-corrected chi connectivity index (χ3v) is 4.73. The highest BCUT2D eigenvalue weighted by Gasteiger charge is 2.15. The first-order chi connectivity index (χ1) is 10.5. The zero-order valence-corrected chi connectivity index (χ0v) is 13.2. The number of amides is 1. The maximum atomic E-state index is 13.5. The Morgan fingerprint density at radius 3 is 2.77 bits per heavy atom. The summed E-state index contributed by atoms with van der Waals surface area (Å²) >= 11 is 8.41. The molecule has 22 heavy (non-hydrogen) atoms. The summed E-state index contributed by atoms with van der Waals surface area (Å²) in [7, 11) is 0. The molecule has 0 aliphatic carbocycles. The summed E-state index contributed by atoms with van der Waals surface area (Å²) in [4.78, 5) is 17.1. The van der Waals surface area contributed by atoms with Crippen molar-refractivity contribution in [2.24, 2.45) is 0 Å². The molecule has 3 aromatic rings. The van der Waals surface area contributed by atoms with Crippen molar-refractivity contribution in [1.82, 2.24) is 4.98 Å². The number of halogens is 3. The zero-order valence-electron chi connectivity index (χ0n) is 10.8. The average Bonchev–Trinajstić information content (AvgIpc) is 3.10. The number of hydrogen-bond acceptors (Lipinski definition) is 4. The van der Waals surface area contributed by atoms with E-state index in [1.807, 2.05) is 6.07 Å². The van der Waals surface area contributed by atoms with E-state index in [4.69, 9.17) is 11.6 Å². The van der Waals surface area contributed by atoms with Gasteiger partial charge in [0.05, 0.1) is 20.5 Å². The van der Waals surface area contributed by atoms with E-state index in [9.17, 15) is 13.6 Å². The Kier molecular flexibility index (Phi) is 4.19.